The van der Waals surface area contributed by atoms with E-state index in [0.29, 0.717) is 0 Å². The van der Waals surface area contributed by atoms with Gasteiger partial charge in [0.15, 0.2) is 11.6 Å². The number of amides is 2. The van der Waals surface area contributed by atoms with Crippen molar-refractivity contribution in [3.8, 4) is 5.75 Å². The molecule has 0 aliphatic heterocycles. The van der Waals surface area contributed by atoms with Crippen molar-refractivity contribution in [2.75, 3.05) is 19.7 Å². The van der Waals surface area contributed by atoms with Crippen molar-refractivity contribution in [3.63, 3.8) is 0 Å². The first-order valence-corrected chi connectivity index (χ1v) is 6.98. The van der Waals surface area contributed by atoms with Crippen molar-refractivity contribution < 1.29 is 23.4 Å². The molecule has 5 nitrogen and oxygen atoms in total. The second-order valence-corrected chi connectivity index (χ2v) is 5.94. The van der Waals surface area contributed by atoms with Crippen LogP contribution in [-0.4, -0.2) is 36.9 Å². The first-order chi connectivity index (χ1) is 10.2. The average Bonchev–Trinajstić information content (AvgIpc) is 2.41. The third-order valence-electron chi connectivity index (χ3n) is 2.99. The molecule has 3 N–H and O–H groups in total. The molecule has 0 heterocycles. The molecule has 0 bridgehead atoms. The highest BCUT2D eigenvalue weighted by Gasteiger charge is 2.22. The van der Waals surface area contributed by atoms with Crippen molar-refractivity contribution in [1.29, 1.82) is 0 Å². The summed E-state index contributed by atoms with van der Waals surface area (Å²) in [5, 5.41) is 14.8. The van der Waals surface area contributed by atoms with Crippen LogP contribution >= 0.6 is 0 Å². The molecule has 7 heteroatoms. The Morgan fingerprint density at radius 2 is 2.00 bits per heavy atom. The largest absolute Gasteiger partial charge is 0.489 e. The lowest BCUT2D eigenvalue weighted by Crippen LogP contribution is -2.44. The van der Waals surface area contributed by atoms with E-state index in [9.17, 15) is 18.7 Å². The predicted octanol–water partition coefficient (Wildman–Crippen LogP) is 2.05. The molecule has 0 saturated heterocycles. The van der Waals surface area contributed by atoms with Gasteiger partial charge in [-0.25, -0.2) is 13.6 Å². The topological polar surface area (TPSA) is 70.6 Å². The molecule has 0 aliphatic carbocycles. The summed E-state index contributed by atoms with van der Waals surface area (Å²) < 4.78 is 31.0. The maximum absolute atomic E-state index is 13.3. The highest BCUT2D eigenvalue weighted by atomic mass is 19.1. The van der Waals surface area contributed by atoms with Gasteiger partial charge < -0.3 is 20.5 Å². The monoisotopic (exact) mass is 316 g/mol. The molecule has 0 spiro atoms. The fourth-order valence-electron chi connectivity index (χ4n) is 1.48. The maximum atomic E-state index is 13.3. The summed E-state index contributed by atoms with van der Waals surface area (Å²) in [6.07, 6.45) is -0.664. The smallest absolute Gasteiger partial charge is 0.315 e. The SMILES string of the molecule is CC(C)(C)C(O)CNC(=O)NCCOc1ccc(F)cc1F. The number of hydrogen-bond acceptors (Lipinski definition) is 3. The maximum Gasteiger partial charge on any atom is 0.315 e. The van der Waals surface area contributed by atoms with Crippen LogP contribution in [0.5, 0.6) is 5.75 Å². The highest BCUT2D eigenvalue weighted by Crippen LogP contribution is 2.18. The van der Waals surface area contributed by atoms with Gasteiger partial charge in [0, 0.05) is 12.6 Å². The Balaban J connectivity index is 2.23. The zero-order valence-electron chi connectivity index (χ0n) is 13.0. The second kappa shape index (κ2) is 7.93. The van der Waals surface area contributed by atoms with Crippen molar-refractivity contribution in [3.05, 3.63) is 29.8 Å². The molecule has 0 radical (unpaired) electrons. The molecule has 1 atom stereocenters. The minimum Gasteiger partial charge on any atom is -0.489 e. The third-order valence-corrected chi connectivity index (χ3v) is 2.99. The number of aliphatic hydroxyl groups is 1. The van der Waals surface area contributed by atoms with E-state index < -0.39 is 23.8 Å². The zero-order valence-corrected chi connectivity index (χ0v) is 13.0. The van der Waals surface area contributed by atoms with E-state index in [0.717, 1.165) is 12.1 Å². The van der Waals surface area contributed by atoms with Crippen molar-refractivity contribution in [2.45, 2.75) is 26.9 Å². The Bertz CT molecular complexity index is 504. The van der Waals surface area contributed by atoms with Crippen LogP contribution in [0.3, 0.4) is 0 Å². The number of rotatable bonds is 6. The molecule has 1 aromatic carbocycles. The Morgan fingerprint density at radius 3 is 2.59 bits per heavy atom. The summed E-state index contributed by atoms with van der Waals surface area (Å²) in [5.41, 5.74) is -0.323. The van der Waals surface area contributed by atoms with Gasteiger partial charge in [-0.2, -0.15) is 0 Å². The fraction of sp³-hybridized carbons (Fsp3) is 0.533. The van der Waals surface area contributed by atoms with Gasteiger partial charge in [-0.3, -0.25) is 0 Å². The summed E-state index contributed by atoms with van der Waals surface area (Å²) in [6, 6.07) is 2.55. The van der Waals surface area contributed by atoms with Crippen molar-refractivity contribution >= 4 is 6.03 Å². The number of nitrogens with one attached hydrogen (secondary N) is 2. The van der Waals surface area contributed by atoms with Gasteiger partial charge in [-0.05, 0) is 17.5 Å². The van der Waals surface area contributed by atoms with E-state index in [1.165, 1.54) is 6.07 Å². The van der Waals surface area contributed by atoms with Crippen LogP contribution in [0, 0.1) is 17.0 Å². The summed E-state index contributed by atoms with van der Waals surface area (Å²) in [6.45, 7) is 5.90. The highest BCUT2D eigenvalue weighted by molar-refractivity contribution is 5.73. The van der Waals surface area contributed by atoms with Crippen LogP contribution in [-0.2, 0) is 0 Å². The van der Waals surface area contributed by atoms with Gasteiger partial charge in [-0.15, -0.1) is 0 Å². The lowest BCUT2D eigenvalue weighted by atomic mass is 9.89. The summed E-state index contributed by atoms with van der Waals surface area (Å²) in [7, 11) is 0. The van der Waals surface area contributed by atoms with Gasteiger partial charge in [-0.1, -0.05) is 20.8 Å². The lowest BCUT2D eigenvalue weighted by Gasteiger charge is -2.25. The van der Waals surface area contributed by atoms with E-state index in [1.807, 2.05) is 20.8 Å². The van der Waals surface area contributed by atoms with E-state index in [-0.39, 0.29) is 30.9 Å². The van der Waals surface area contributed by atoms with E-state index in [2.05, 4.69) is 10.6 Å². The van der Waals surface area contributed by atoms with Crippen LogP contribution in [0.15, 0.2) is 18.2 Å². The number of benzene rings is 1. The second-order valence-electron chi connectivity index (χ2n) is 5.94. The molecule has 0 fully saturated rings. The normalized spacial score (nSPS) is 12.6. The summed E-state index contributed by atoms with van der Waals surface area (Å²) in [5.74, 6) is -1.55. The third kappa shape index (κ3) is 6.26. The first-order valence-electron chi connectivity index (χ1n) is 6.98. The van der Waals surface area contributed by atoms with Crippen LogP contribution < -0.4 is 15.4 Å². The van der Waals surface area contributed by atoms with E-state index in [4.69, 9.17) is 4.74 Å². The van der Waals surface area contributed by atoms with E-state index >= 15 is 0 Å². The minimum absolute atomic E-state index is 0.0395. The van der Waals surface area contributed by atoms with Crippen LogP contribution in [0.1, 0.15) is 20.8 Å². The van der Waals surface area contributed by atoms with Gasteiger partial charge >= 0.3 is 6.03 Å². The average molecular weight is 316 g/mol. The minimum atomic E-state index is -0.794. The summed E-state index contributed by atoms with van der Waals surface area (Å²) >= 11 is 0. The molecule has 1 unspecified atom stereocenters. The van der Waals surface area contributed by atoms with Crippen LogP contribution in [0.2, 0.25) is 0 Å². The molecule has 0 saturated carbocycles. The Morgan fingerprint density at radius 1 is 1.32 bits per heavy atom. The van der Waals surface area contributed by atoms with Crippen LogP contribution in [0.25, 0.3) is 0 Å². The number of urea groups is 1. The number of carbonyl (C=O) groups excluding carboxylic acids is 1. The van der Waals surface area contributed by atoms with Gasteiger partial charge in [0.1, 0.15) is 12.4 Å². The van der Waals surface area contributed by atoms with Gasteiger partial charge in [0.05, 0.1) is 12.6 Å². The van der Waals surface area contributed by atoms with Crippen molar-refractivity contribution in [2.24, 2.45) is 5.41 Å². The lowest BCUT2D eigenvalue weighted by molar-refractivity contribution is 0.0649. The van der Waals surface area contributed by atoms with Crippen molar-refractivity contribution in [1.82, 2.24) is 10.6 Å². The zero-order chi connectivity index (χ0) is 16.8. The molecule has 0 aromatic heterocycles. The molecule has 1 rings (SSSR count). The fourth-order valence-corrected chi connectivity index (χ4v) is 1.48. The molecule has 0 aliphatic rings. The van der Waals surface area contributed by atoms with Gasteiger partial charge in [0.2, 0.25) is 0 Å². The Labute approximate surface area is 128 Å². The number of halogens is 2. The molecule has 124 valence electrons. The molecule has 1 aromatic rings. The number of aliphatic hydroxyl groups excluding tert-OH is 1. The molecule has 2 amide bonds. The molecular formula is C15H22F2N2O3. The Hall–Kier alpha value is -1.89. The molecule has 22 heavy (non-hydrogen) atoms. The van der Waals surface area contributed by atoms with Gasteiger partial charge in [0.25, 0.3) is 0 Å². The van der Waals surface area contributed by atoms with Crippen LogP contribution in [0.4, 0.5) is 13.6 Å². The summed E-state index contributed by atoms with van der Waals surface area (Å²) in [4.78, 5) is 11.5. The predicted molar refractivity (Wildman–Crippen MR) is 78.7 cm³/mol. The molecular weight excluding hydrogens is 294 g/mol. The Kier molecular flexibility index (Phi) is 6.55. The standard InChI is InChI=1S/C15H22F2N2O3/c1-15(2,3)13(20)9-19-14(21)18-6-7-22-12-5-4-10(16)8-11(12)17/h4-5,8,13,20H,6-7,9H2,1-3H3,(H2,18,19,21). The van der Waals surface area contributed by atoms with E-state index in [1.54, 1.807) is 0 Å². The number of ether oxygens (including phenoxy) is 1. The quantitative estimate of drug-likeness (QED) is 0.704. The number of hydrogen-bond donors (Lipinski definition) is 3. The number of carbonyl (C=O) groups is 1. The first kappa shape index (κ1) is 18.2.